The van der Waals surface area contributed by atoms with Crippen molar-refractivity contribution in [1.29, 1.82) is 0 Å². The molecule has 0 aromatic heterocycles. The van der Waals surface area contributed by atoms with Crippen molar-refractivity contribution in [2.24, 2.45) is 5.92 Å². The second-order valence-electron chi connectivity index (χ2n) is 8.10. The van der Waals surface area contributed by atoms with Gasteiger partial charge in [-0.05, 0) is 44.4 Å². The number of piperidine rings is 1. The Labute approximate surface area is 166 Å². The lowest BCUT2D eigenvalue weighted by molar-refractivity contribution is 0.0207. The molecule has 2 aliphatic heterocycles. The van der Waals surface area contributed by atoms with Gasteiger partial charge in [0.25, 0.3) is 0 Å². The number of benzene rings is 1. The summed E-state index contributed by atoms with van der Waals surface area (Å²) in [4.78, 5) is 7.14. The second-order valence-corrected chi connectivity index (χ2v) is 8.10. The van der Waals surface area contributed by atoms with Crippen LogP contribution in [0.15, 0.2) is 12.1 Å². The van der Waals surface area contributed by atoms with Gasteiger partial charge in [-0.25, -0.2) is 8.78 Å². The highest BCUT2D eigenvalue weighted by Gasteiger charge is 2.34. The highest BCUT2D eigenvalue weighted by Crippen LogP contribution is 2.31. The van der Waals surface area contributed by atoms with Crippen molar-refractivity contribution in [1.82, 2.24) is 14.7 Å². The smallest absolute Gasteiger partial charge is 0.167 e. The third-order valence-corrected chi connectivity index (χ3v) is 6.27. The number of halogens is 2. The predicted octanol–water partition coefficient (Wildman–Crippen LogP) is 2.18. The van der Waals surface area contributed by atoms with E-state index in [1.807, 2.05) is 0 Å². The molecule has 7 heteroatoms. The van der Waals surface area contributed by atoms with Gasteiger partial charge < -0.3 is 14.7 Å². The first kappa shape index (κ1) is 21.4. The Hall–Kier alpha value is -1.28. The molecule has 158 valence electrons. The van der Waals surface area contributed by atoms with Gasteiger partial charge in [0.15, 0.2) is 11.6 Å². The number of rotatable bonds is 7. The van der Waals surface area contributed by atoms with Gasteiger partial charge in [0.05, 0.1) is 7.11 Å². The van der Waals surface area contributed by atoms with Crippen molar-refractivity contribution in [3.8, 4) is 5.75 Å². The largest absolute Gasteiger partial charge is 0.496 e. The number of aliphatic hydroxyl groups is 1. The van der Waals surface area contributed by atoms with Crippen LogP contribution in [0.3, 0.4) is 0 Å². The van der Waals surface area contributed by atoms with E-state index in [-0.39, 0.29) is 6.61 Å². The summed E-state index contributed by atoms with van der Waals surface area (Å²) in [6, 6.07) is 3.10. The minimum Gasteiger partial charge on any atom is -0.496 e. The number of aliphatic hydroxyl groups excluding tert-OH is 1. The zero-order valence-corrected chi connectivity index (χ0v) is 17.0. The summed E-state index contributed by atoms with van der Waals surface area (Å²) in [6.07, 6.45) is 2.74. The molecule has 2 saturated heterocycles. The molecule has 0 amide bonds. The van der Waals surface area contributed by atoms with E-state index >= 15 is 0 Å². The molecule has 2 heterocycles. The van der Waals surface area contributed by atoms with Crippen molar-refractivity contribution >= 4 is 0 Å². The first-order chi connectivity index (χ1) is 13.5. The van der Waals surface area contributed by atoms with Crippen LogP contribution in [0.5, 0.6) is 5.75 Å². The lowest BCUT2D eigenvalue weighted by Gasteiger charge is -2.46. The maximum Gasteiger partial charge on any atom is 0.167 e. The van der Waals surface area contributed by atoms with Gasteiger partial charge in [-0.2, -0.15) is 0 Å². The molecule has 2 aliphatic rings. The fraction of sp³-hybridized carbons (Fsp3) is 0.714. The first-order valence-corrected chi connectivity index (χ1v) is 10.3. The fourth-order valence-electron chi connectivity index (χ4n) is 4.65. The Bertz CT molecular complexity index is 638. The van der Waals surface area contributed by atoms with Crippen molar-refractivity contribution in [3.63, 3.8) is 0 Å². The van der Waals surface area contributed by atoms with Crippen molar-refractivity contribution in [3.05, 3.63) is 29.3 Å². The van der Waals surface area contributed by atoms with Gasteiger partial charge in [-0.3, -0.25) is 9.80 Å². The van der Waals surface area contributed by atoms with Gasteiger partial charge >= 0.3 is 0 Å². The molecule has 3 rings (SSSR count). The van der Waals surface area contributed by atoms with Gasteiger partial charge in [-0.1, -0.05) is 0 Å². The van der Waals surface area contributed by atoms with Gasteiger partial charge in [0.1, 0.15) is 5.75 Å². The Balaban J connectivity index is 1.70. The van der Waals surface area contributed by atoms with E-state index in [4.69, 9.17) is 4.74 Å². The lowest BCUT2D eigenvalue weighted by Crippen LogP contribution is -2.56. The van der Waals surface area contributed by atoms with E-state index in [0.717, 1.165) is 64.6 Å². The Morgan fingerprint density at radius 2 is 1.89 bits per heavy atom. The minimum absolute atomic E-state index is 0.193. The number of likely N-dealkylation sites (tertiary alicyclic amines) is 1. The average Bonchev–Trinajstić information content (AvgIpc) is 2.71. The van der Waals surface area contributed by atoms with Crippen LogP contribution in [0.1, 0.15) is 24.8 Å². The van der Waals surface area contributed by atoms with E-state index in [2.05, 4.69) is 21.7 Å². The number of piperazine rings is 1. The maximum atomic E-state index is 14.4. The third-order valence-electron chi connectivity index (χ3n) is 6.27. The van der Waals surface area contributed by atoms with Crippen LogP contribution >= 0.6 is 0 Å². The molecule has 1 aromatic carbocycles. The number of methoxy groups -OCH3 is 1. The second kappa shape index (κ2) is 9.96. The quantitative estimate of drug-likeness (QED) is 0.764. The molecule has 28 heavy (non-hydrogen) atoms. The highest BCUT2D eigenvalue weighted by molar-refractivity contribution is 5.35. The number of hydrogen-bond donors (Lipinski definition) is 1. The van der Waals surface area contributed by atoms with Crippen molar-refractivity contribution in [2.45, 2.75) is 31.8 Å². The van der Waals surface area contributed by atoms with Crippen LogP contribution < -0.4 is 4.74 Å². The predicted molar refractivity (Wildman–Crippen MR) is 105 cm³/mol. The Morgan fingerprint density at radius 3 is 2.57 bits per heavy atom. The van der Waals surface area contributed by atoms with Crippen LogP contribution in [0.2, 0.25) is 0 Å². The van der Waals surface area contributed by atoms with Crippen LogP contribution in [-0.2, 0) is 6.54 Å². The zero-order chi connectivity index (χ0) is 20.1. The number of nitrogens with zero attached hydrogens (tertiary/aromatic N) is 3. The molecule has 0 spiro atoms. The average molecular weight is 398 g/mol. The third kappa shape index (κ3) is 5.00. The monoisotopic (exact) mass is 397 g/mol. The standard InChI is InChI=1S/C21H33F2N3O2/c1-24-9-11-26(12-10-24)19-7-8-25(14-16(19)4-3-13-27)15-17-20(28-2)6-5-18(22)21(17)23/h5-6,16,19,27H,3-4,7-15H2,1-2H3/t16-,19+/m0/s1. The molecule has 2 atom stereocenters. The highest BCUT2D eigenvalue weighted by atomic mass is 19.2. The van der Waals surface area contributed by atoms with Crippen LogP contribution in [0.4, 0.5) is 8.78 Å². The van der Waals surface area contributed by atoms with E-state index < -0.39 is 11.6 Å². The van der Waals surface area contributed by atoms with E-state index in [1.54, 1.807) is 0 Å². The number of hydrogen-bond acceptors (Lipinski definition) is 5. The molecule has 0 radical (unpaired) electrons. The number of ether oxygens (including phenoxy) is 1. The topological polar surface area (TPSA) is 39.2 Å². The summed E-state index contributed by atoms with van der Waals surface area (Å²) < 4.78 is 33.4. The van der Waals surface area contributed by atoms with Crippen LogP contribution in [-0.4, -0.2) is 85.9 Å². The first-order valence-electron chi connectivity index (χ1n) is 10.3. The fourth-order valence-corrected chi connectivity index (χ4v) is 4.65. The van der Waals surface area contributed by atoms with Crippen molar-refractivity contribution in [2.75, 3.05) is 60.0 Å². The molecule has 0 bridgehead atoms. The SMILES string of the molecule is COc1ccc(F)c(F)c1CN1CC[C@@H](N2CCN(C)CC2)[C@@H](CCCO)C1. The van der Waals surface area contributed by atoms with Crippen LogP contribution in [0, 0.1) is 17.6 Å². The molecular weight excluding hydrogens is 364 g/mol. The molecule has 0 unspecified atom stereocenters. The van der Waals surface area contributed by atoms with Crippen molar-refractivity contribution < 1.29 is 18.6 Å². The maximum absolute atomic E-state index is 14.4. The van der Waals surface area contributed by atoms with E-state index in [1.165, 1.54) is 13.2 Å². The molecule has 0 saturated carbocycles. The summed E-state index contributed by atoms with van der Waals surface area (Å²) in [5, 5.41) is 9.32. The summed E-state index contributed by atoms with van der Waals surface area (Å²) in [5.41, 5.74) is 0.293. The summed E-state index contributed by atoms with van der Waals surface area (Å²) >= 11 is 0. The zero-order valence-electron chi connectivity index (χ0n) is 17.0. The lowest BCUT2D eigenvalue weighted by atomic mass is 9.86. The minimum atomic E-state index is -0.833. The molecular formula is C21H33F2N3O2. The summed E-state index contributed by atoms with van der Waals surface area (Å²) in [7, 11) is 3.64. The van der Waals surface area contributed by atoms with Gasteiger partial charge in [-0.15, -0.1) is 0 Å². The van der Waals surface area contributed by atoms with Crippen LogP contribution in [0.25, 0.3) is 0 Å². The Kier molecular flexibility index (Phi) is 7.62. The Morgan fingerprint density at radius 1 is 1.14 bits per heavy atom. The van der Waals surface area contributed by atoms with E-state index in [0.29, 0.717) is 29.8 Å². The van der Waals surface area contributed by atoms with Gasteiger partial charge in [0, 0.05) is 64.0 Å². The number of likely N-dealkylation sites (N-methyl/N-ethyl adjacent to an activating group) is 1. The molecule has 2 fully saturated rings. The molecule has 1 aromatic rings. The molecule has 1 N–H and O–H groups in total. The van der Waals surface area contributed by atoms with E-state index in [9.17, 15) is 13.9 Å². The van der Waals surface area contributed by atoms with Gasteiger partial charge in [0.2, 0.25) is 0 Å². The molecule has 0 aliphatic carbocycles. The summed E-state index contributed by atoms with van der Waals surface area (Å²) in [6.45, 7) is 6.53. The normalized spacial score (nSPS) is 25.2. The summed E-state index contributed by atoms with van der Waals surface area (Å²) in [5.74, 6) is -0.827. The molecule has 5 nitrogen and oxygen atoms in total.